The lowest BCUT2D eigenvalue weighted by molar-refractivity contribution is -0.118. The van der Waals surface area contributed by atoms with Crippen LogP contribution in [0.25, 0.3) is 0 Å². The van der Waals surface area contributed by atoms with Crippen molar-refractivity contribution in [2.24, 2.45) is 11.7 Å². The summed E-state index contributed by atoms with van der Waals surface area (Å²) in [5.41, 5.74) is 7.06. The van der Waals surface area contributed by atoms with Crippen LogP contribution < -0.4 is 11.1 Å². The van der Waals surface area contributed by atoms with Crippen LogP contribution >= 0.6 is 36.6 Å². The van der Waals surface area contributed by atoms with E-state index in [0.717, 1.165) is 11.3 Å². The minimum absolute atomic E-state index is 0. The Balaban J connectivity index is 0.00000180. The molecule has 1 aromatic heterocycles. The van der Waals surface area contributed by atoms with Crippen LogP contribution in [0.4, 0.5) is 0 Å². The number of carbonyl (C=O) groups excluding carboxylic acids is 1. The van der Waals surface area contributed by atoms with E-state index in [1.54, 1.807) is 18.0 Å². The molecule has 1 aliphatic carbocycles. The Labute approximate surface area is 136 Å². The largest absolute Gasteiger partial charge is 0.354 e. The monoisotopic (exact) mass is 337 g/mol. The minimum Gasteiger partial charge on any atom is -0.354 e. The summed E-state index contributed by atoms with van der Waals surface area (Å²) >= 11 is 1.60. The van der Waals surface area contributed by atoms with E-state index in [9.17, 15) is 4.79 Å². The number of nitrogens with zero attached hydrogens (tertiary/aromatic N) is 1. The Morgan fingerprint density at radius 1 is 1.50 bits per heavy atom. The number of thioether (sulfide) groups is 1. The quantitative estimate of drug-likeness (QED) is 0.798. The molecule has 0 bridgehead atoms. The second-order valence-electron chi connectivity index (χ2n) is 4.66. The summed E-state index contributed by atoms with van der Waals surface area (Å²) in [5.74, 6) is 2.00. The molecule has 1 aliphatic rings. The first kappa shape index (κ1) is 19.5. The molecule has 4 nitrogen and oxygen atoms in total. The van der Waals surface area contributed by atoms with Crippen molar-refractivity contribution >= 4 is 42.5 Å². The average Bonchev–Trinajstić information content (AvgIpc) is 3.21. The van der Waals surface area contributed by atoms with Gasteiger partial charge in [-0.2, -0.15) is 0 Å². The topological polar surface area (TPSA) is 68.0 Å². The summed E-state index contributed by atoms with van der Waals surface area (Å²) in [6.07, 6.45) is 6.01. The van der Waals surface area contributed by atoms with Crippen LogP contribution in [0.3, 0.4) is 0 Å². The van der Waals surface area contributed by atoms with Gasteiger partial charge >= 0.3 is 0 Å². The highest BCUT2D eigenvalue weighted by Crippen LogP contribution is 2.31. The van der Waals surface area contributed by atoms with Gasteiger partial charge in [-0.1, -0.05) is 6.07 Å². The summed E-state index contributed by atoms with van der Waals surface area (Å²) in [5, 5.41) is 2.89. The molecule has 0 saturated heterocycles. The van der Waals surface area contributed by atoms with E-state index in [4.69, 9.17) is 5.73 Å². The third-order valence-corrected chi connectivity index (χ3v) is 3.99. The molecular weight excluding hydrogens is 317 g/mol. The number of nitrogens with two attached hydrogens (primary N) is 1. The number of hydrogen-bond acceptors (Lipinski definition) is 4. The molecule has 7 heteroatoms. The van der Waals surface area contributed by atoms with E-state index < -0.39 is 0 Å². The third-order valence-electron chi connectivity index (χ3n) is 2.99. The maximum atomic E-state index is 11.6. The van der Waals surface area contributed by atoms with Gasteiger partial charge in [-0.15, -0.1) is 36.6 Å². The second-order valence-corrected chi connectivity index (χ2v) is 5.65. The van der Waals surface area contributed by atoms with Crippen LogP contribution in [0.2, 0.25) is 0 Å². The van der Waals surface area contributed by atoms with Gasteiger partial charge in [0.05, 0.1) is 5.75 Å². The van der Waals surface area contributed by atoms with Gasteiger partial charge in [0.2, 0.25) is 5.91 Å². The molecule has 1 amide bonds. The third kappa shape index (κ3) is 7.33. The Bertz CT molecular complexity index is 390. The van der Waals surface area contributed by atoms with Crippen molar-refractivity contribution in [1.29, 1.82) is 0 Å². The number of aromatic nitrogens is 1. The lowest BCUT2D eigenvalue weighted by Crippen LogP contribution is -2.39. The smallest absolute Gasteiger partial charge is 0.230 e. The molecule has 0 aromatic carbocycles. The fourth-order valence-corrected chi connectivity index (χ4v) is 2.51. The highest BCUT2D eigenvalue weighted by molar-refractivity contribution is 7.99. The predicted molar refractivity (Wildman–Crippen MR) is 88.6 cm³/mol. The standard InChI is InChI=1S/C13H19N3OS.2ClH/c14-12(11-3-4-11)7-16-13(17)9-18-8-10-2-1-5-15-6-10;;/h1-2,5-6,11-12H,3-4,7-9,14H2,(H,16,17);2*1H. The first-order valence-electron chi connectivity index (χ1n) is 6.24. The van der Waals surface area contributed by atoms with Gasteiger partial charge in [0.25, 0.3) is 0 Å². The molecule has 1 heterocycles. The predicted octanol–water partition coefficient (Wildman–Crippen LogP) is 2.01. The maximum Gasteiger partial charge on any atom is 0.230 e. The first-order chi connectivity index (χ1) is 8.75. The maximum absolute atomic E-state index is 11.6. The van der Waals surface area contributed by atoms with Gasteiger partial charge in [0, 0.05) is 30.7 Å². The summed E-state index contributed by atoms with van der Waals surface area (Å²) in [7, 11) is 0. The van der Waals surface area contributed by atoms with Gasteiger partial charge in [-0.3, -0.25) is 9.78 Å². The highest BCUT2D eigenvalue weighted by Gasteiger charge is 2.28. The van der Waals surface area contributed by atoms with Crippen molar-refractivity contribution in [1.82, 2.24) is 10.3 Å². The van der Waals surface area contributed by atoms with Crippen molar-refractivity contribution in [3.8, 4) is 0 Å². The molecule has 1 aromatic rings. The van der Waals surface area contributed by atoms with Crippen LogP contribution in [-0.4, -0.2) is 29.2 Å². The van der Waals surface area contributed by atoms with Gasteiger partial charge in [0.1, 0.15) is 0 Å². The van der Waals surface area contributed by atoms with E-state index in [0.29, 0.717) is 18.2 Å². The Kier molecular flexibility index (Phi) is 10.0. The summed E-state index contributed by atoms with van der Waals surface area (Å²) in [6, 6.07) is 4.06. The summed E-state index contributed by atoms with van der Waals surface area (Å²) < 4.78 is 0. The first-order valence-corrected chi connectivity index (χ1v) is 7.40. The molecule has 0 aliphatic heterocycles. The van der Waals surface area contributed by atoms with E-state index in [1.165, 1.54) is 12.8 Å². The lowest BCUT2D eigenvalue weighted by atomic mass is 10.2. The van der Waals surface area contributed by atoms with Gasteiger partial charge in [-0.05, 0) is 30.4 Å². The Morgan fingerprint density at radius 3 is 2.85 bits per heavy atom. The fourth-order valence-electron chi connectivity index (χ4n) is 1.72. The highest BCUT2D eigenvalue weighted by atomic mass is 35.5. The second kappa shape index (κ2) is 10.3. The minimum atomic E-state index is 0. The van der Waals surface area contributed by atoms with Crippen molar-refractivity contribution in [3.05, 3.63) is 30.1 Å². The number of rotatable bonds is 7. The van der Waals surface area contributed by atoms with Crippen LogP contribution in [0, 0.1) is 5.92 Å². The van der Waals surface area contributed by atoms with Crippen molar-refractivity contribution < 1.29 is 4.79 Å². The van der Waals surface area contributed by atoms with Gasteiger partial charge in [-0.25, -0.2) is 0 Å². The van der Waals surface area contributed by atoms with Gasteiger partial charge in [0.15, 0.2) is 0 Å². The number of hydrogen-bond donors (Lipinski definition) is 2. The zero-order valence-corrected chi connectivity index (χ0v) is 13.6. The van der Waals surface area contributed by atoms with E-state index in [2.05, 4.69) is 10.3 Å². The number of pyridine rings is 1. The molecule has 1 fully saturated rings. The van der Waals surface area contributed by atoms with Crippen LogP contribution in [0.5, 0.6) is 0 Å². The van der Waals surface area contributed by atoms with E-state index >= 15 is 0 Å². The molecule has 2 rings (SSSR count). The van der Waals surface area contributed by atoms with Crippen molar-refractivity contribution in [3.63, 3.8) is 0 Å². The van der Waals surface area contributed by atoms with Crippen molar-refractivity contribution in [2.45, 2.75) is 24.6 Å². The molecule has 1 unspecified atom stereocenters. The van der Waals surface area contributed by atoms with Crippen LogP contribution in [0.15, 0.2) is 24.5 Å². The Hall–Kier alpha value is -0.490. The van der Waals surface area contributed by atoms with E-state index in [-0.39, 0.29) is 36.8 Å². The van der Waals surface area contributed by atoms with Crippen LogP contribution in [-0.2, 0) is 10.5 Å². The van der Waals surface area contributed by atoms with E-state index in [1.807, 2.05) is 18.3 Å². The number of carbonyl (C=O) groups is 1. The number of amides is 1. The van der Waals surface area contributed by atoms with Gasteiger partial charge < -0.3 is 11.1 Å². The van der Waals surface area contributed by atoms with Crippen molar-refractivity contribution in [2.75, 3.05) is 12.3 Å². The lowest BCUT2D eigenvalue weighted by Gasteiger charge is -2.11. The molecule has 3 N–H and O–H groups in total. The molecular formula is C13H21Cl2N3OS. The molecule has 114 valence electrons. The van der Waals surface area contributed by atoms with Crippen LogP contribution in [0.1, 0.15) is 18.4 Å². The molecule has 1 saturated carbocycles. The number of nitrogens with one attached hydrogen (secondary N) is 1. The number of halogens is 2. The summed E-state index contributed by atoms with van der Waals surface area (Å²) in [6.45, 7) is 0.608. The molecule has 1 atom stereocenters. The fraction of sp³-hybridized carbons (Fsp3) is 0.538. The average molecular weight is 338 g/mol. The molecule has 0 radical (unpaired) electrons. The summed E-state index contributed by atoms with van der Waals surface area (Å²) in [4.78, 5) is 15.6. The zero-order chi connectivity index (χ0) is 12.8. The normalized spacial score (nSPS) is 14.7. The zero-order valence-electron chi connectivity index (χ0n) is 11.2. The SMILES string of the molecule is Cl.Cl.NC(CNC(=O)CSCc1cccnc1)C1CC1. The Morgan fingerprint density at radius 2 is 2.25 bits per heavy atom. The molecule has 20 heavy (non-hydrogen) atoms. The molecule has 0 spiro atoms.